The number of carbonyl (C=O) groups is 1. The van der Waals surface area contributed by atoms with Crippen LogP contribution in [0.4, 0.5) is 15.8 Å². The van der Waals surface area contributed by atoms with Crippen molar-refractivity contribution in [1.82, 2.24) is 0 Å². The first-order valence-corrected chi connectivity index (χ1v) is 6.09. The highest BCUT2D eigenvalue weighted by Crippen LogP contribution is 2.19. The van der Waals surface area contributed by atoms with Crippen molar-refractivity contribution in [3.05, 3.63) is 53.8 Å². The third-order valence-corrected chi connectivity index (χ3v) is 2.66. The number of nitrogens with one attached hydrogen (secondary N) is 1. The van der Waals surface area contributed by atoms with Gasteiger partial charge >= 0.3 is 0 Å². The van der Waals surface area contributed by atoms with Gasteiger partial charge in [0, 0.05) is 0 Å². The number of rotatable bonds is 4. The van der Waals surface area contributed by atoms with Gasteiger partial charge < -0.3 is 15.8 Å². The molecular formula is C15H15FN2O2. The predicted molar refractivity (Wildman–Crippen MR) is 76.1 cm³/mol. The van der Waals surface area contributed by atoms with Gasteiger partial charge in [-0.2, -0.15) is 0 Å². The summed E-state index contributed by atoms with van der Waals surface area (Å²) >= 11 is 0. The molecule has 0 aliphatic rings. The summed E-state index contributed by atoms with van der Waals surface area (Å²) in [5, 5.41) is 2.66. The van der Waals surface area contributed by atoms with Gasteiger partial charge in [0.05, 0.1) is 11.4 Å². The second kappa shape index (κ2) is 6.06. The Balaban J connectivity index is 1.90. The molecule has 0 aliphatic heterocycles. The van der Waals surface area contributed by atoms with Crippen molar-refractivity contribution in [3.63, 3.8) is 0 Å². The van der Waals surface area contributed by atoms with Gasteiger partial charge in [-0.05, 0) is 48.9 Å². The maximum Gasteiger partial charge on any atom is 0.262 e. The first kappa shape index (κ1) is 13.9. The molecule has 2 rings (SSSR count). The van der Waals surface area contributed by atoms with Gasteiger partial charge in [-0.1, -0.05) is 6.07 Å². The summed E-state index contributed by atoms with van der Waals surface area (Å²) in [7, 11) is 0. The number of hydrogen-bond acceptors (Lipinski definition) is 3. The van der Waals surface area contributed by atoms with E-state index in [0.29, 0.717) is 17.1 Å². The average Bonchev–Trinajstić information content (AvgIpc) is 2.41. The van der Waals surface area contributed by atoms with E-state index in [-0.39, 0.29) is 18.3 Å². The zero-order chi connectivity index (χ0) is 14.5. The fourth-order valence-electron chi connectivity index (χ4n) is 1.66. The molecule has 3 N–H and O–H groups in total. The standard InChI is InChI=1S/C15H15FN2O2/c1-10-2-7-14(13(17)8-10)18-15(19)9-20-12-5-3-11(16)4-6-12/h2-8H,9,17H2,1H3,(H,18,19). The number of carbonyl (C=O) groups excluding carboxylic acids is 1. The maximum atomic E-state index is 12.7. The van der Waals surface area contributed by atoms with E-state index in [1.165, 1.54) is 24.3 Å². The maximum absolute atomic E-state index is 12.7. The van der Waals surface area contributed by atoms with Gasteiger partial charge in [-0.15, -0.1) is 0 Å². The molecule has 0 saturated carbocycles. The monoisotopic (exact) mass is 274 g/mol. The highest BCUT2D eigenvalue weighted by Gasteiger charge is 2.06. The first-order valence-electron chi connectivity index (χ1n) is 6.09. The van der Waals surface area contributed by atoms with E-state index < -0.39 is 0 Å². The minimum Gasteiger partial charge on any atom is -0.484 e. The molecule has 0 radical (unpaired) electrons. The Labute approximate surface area is 116 Å². The molecule has 104 valence electrons. The Morgan fingerprint density at radius 1 is 1.25 bits per heavy atom. The molecule has 4 nitrogen and oxygen atoms in total. The lowest BCUT2D eigenvalue weighted by atomic mass is 10.2. The lowest BCUT2D eigenvalue weighted by Gasteiger charge is -2.10. The first-order chi connectivity index (χ1) is 9.54. The van der Waals surface area contributed by atoms with Crippen molar-refractivity contribution in [1.29, 1.82) is 0 Å². The topological polar surface area (TPSA) is 64.3 Å². The van der Waals surface area contributed by atoms with E-state index in [1.54, 1.807) is 12.1 Å². The molecule has 0 saturated heterocycles. The molecule has 0 bridgehead atoms. The highest BCUT2D eigenvalue weighted by molar-refractivity contribution is 5.94. The molecule has 0 atom stereocenters. The zero-order valence-electron chi connectivity index (χ0n) is 11.0. The van der Waals surface area contributed by atoms with Crippen LogP contribution in [-0.2, 0) is 4.79 Å². The van der Waals surface area contributed by atoms with Gasteiger partial charge in [-0.25, -0.2) is 4.39 Å². The van der Waals surface area contributed by atoms with Crippen LogP contribution in [0.1, 0.15) is 5.56 Å². The summed E-state index contributed by atoms with van der Waals surface area (Å²) in [6.45, 7) is 1.75. The molecule has 20 heavy (non-hydrogen) atoms. The third-order valence-electron chi connectivity index (χ3n) is 2.66. The molecule has 0 fully saturated rings. The van der Waals surface area contributed by atoms with Crippen LogP contribution in [0.15, 0.2) is 42.5 Å². The van der Waals surface area contributed by atoms with Crippen molar-refractivity contribution in [3.8, 4) is 5.75 Å². The summed E-state index contributed by atoms with van der Waals surface area (Å²) in [5.41, 5.74) is 7.86. The molecule has 5 heteroatoms. The van der Waals surface area contributed by atoms with Crippen LogP contribution in [0.5, 0.6) is 5.75 Å². The highest BCUT2D eigenvalue weighted by atomic mass is 19.1. The average molecular weight is 274 g/mol. The van der Waals surface area contributed by atoms with Gasteiger partial charge in [0.2, 0.25) is 0 Å². The smallest absolute Gasteiger partial charge is 0.262 e. The van der Waals surface area contributed by atoms with Crippen molar-refractivity contribution in [2.24, 2.45) is 0 Å². The molecule has 1 amide bonds. The minimum absolute atomic E-state index is 0.168. The zero-order valence-corrected chi connectivity index (χ0v) is 11.0. The molecule has 0 spiro atoms. The van der Waals surface area contributed by atoms with E-state index in [0.717, 1.165) is 5.56 Å². The van der Waals surface area contributed by atoms with Crippen molar-refractivity contribution in [2.45, 2.75) is 6.92 Å². The van der Waals surface area contributed by atoms with Crippen LogP contribution in [0.3, 0.4) is 0 Å². The minimum atomic E-state index is -0.353. The third kappa shape index (κ3) is 3.71. The molecular weight excluding hydrogens is 259 g/mol. The van der Waals surface area contributed by atoms with Crippen LogP contribution in [0.2, 0.25) is 0 Å². The lowest BCUT2D eigenvalue weighted by Crippen LogP contribution is -2.20. The fraction of sp³-hybridized carbons (Fsp3) is 0.133. The number of nitrogens with two attached hydrogens (primary N) is 1. The van der Waals surface area contributed by atoms with Gasteiger partial charge in [0.1, 0.15) is 11.6 Å². The van der Waals surface area contributed by atoms with E-state index in [2.05, 4.69) is 5.32 Å². The summed E-state index contributed by atoms with van der Waals surface area (Å²) in [6.07, 6.45) is 0. The Bertz CT molecular complexity index is 612. The SMILES string of the molecule is Cc1ccc(NC(=O)COc2ccc(F)cc2)c(N)c1. The predicted octanol–water partition coefficient (Wildman–Crippen LogP) is 2.73. The second-order valence-corrected chi connectivity index (χ2v) is 4.38. The second-order valence-electron chi connectivity index (χ2n) is 4.38. The number of halogens is 1. The molecule has 0 unspecified atom stereocenters. The summed E-state index contributed by atoms with van der Waals surface area (Å²) in [6, 6.07) is 10.8. The van der Waals surface area contributed by atoms with Crippen LogP contribution in [0, 0.1) is 12.7 Å². The van der Waals surface area contributed by atoms with E-state index in [9.17, 15) is 9.18 Å². The molecule has 0 aromatic heterocycles. The summed E-state index contributed by atoms with van der Waals surface area (Å²) < 4.78 is 17.9. The normalized spacial score (nSPS) is 10.1. The summed E-state index contributed by atoms with van der Waals surface area (Å²) in [5.74, 6) is -0.252. The number of benzene rings is 2. The van der Waals surface area contributed by atoms with Crippen LogP contribution in [-0.4, -0.2) is 12.5 Å². The van der Waals surface area contributed by atoms with Crippen molar-refractivity contribution < 1.29 is 13.9 Å². The van der Waals surface area contributed by atoms with E-state index in [1.807, 2.05) is 13.0 Å². The number of hydrogen-bond donors (Lipinski definition) is 2. The molecule has 0 heterocycles. The van der Waals surface area contributed by atoms with Crippen molar-refractivity contribution >= 4 is 17.3 Å². The Kier molecular flexibility index (Phi) is 4.20. The van der Waals surface area contributed by atoms with Gasteiger partial charge in [-0.3, -0.25) is 4.79 Å². The molecule has 2 aromatic carbocycles. The quantitative estimate of drug-likeness (QED) is 0.842. The van der Waals surface area contributed by atoms with Crippen LogP contribution < -0.4 is 15.8 Å². The van der Waals surface area contributed by atoms with E-state index in [4.69, 9.17) is 10.5 Å². The summed E-state index contributed by atoms with van der Waals surface area (Å²) in [4.78, 5) is 11.7. The Morgan fingerprint density at radius 3 is 2.60 bits per heavy atom. The number of aryl methyl sites for hydroxylation is 1. The van der Waals surface area contributed by atoms with Crippen LogP contribution in [0.25, 0.3) is 0 Å². The van der Waals surface area contributed by atoms with Crippen molar-refractivity contribution in [2.75, 3.05) is 17.7 Å². The Hall–Kier alpha value is -2.56. The lowest BCUT2D eigenvalue weighted by molar-refractivity contribution is -0.118. The largest absolute Gasteiger partial charge is 0.484 e. The number of anilines is 2. The van der Waals surface area contributed by atoms with Gasteiger partial charge in [0.15, 0.2) is 6.61 Å². The van der Waals surface area contributed by atoms with Crippen LogP contribution >= 0.6 is 0 Å². The number of ether oxygens (including phenoxy) is 1. The Morgan fingerprint density at radius 2 is 1.95 bits per heavy atom. The number of nitrogen functional groups attached to an aromatic ring is 1. The number of amides is 1. The van der Waals surface area contributed by atoms with Gasteiger partial charge in [0.25, 0.3) is 5.91 Å². The molecule has 2 aromatic rings. The fourth-order valence-corrected chi connectivity index (χ4v) is 1.66. The van der Waals surface area contributed by atoms with E-state index >= 15 is 0 Å². The molecule has 0 aliphatic carbocycles.